The van der Waals surface area contributed by atoms with E-state index in [9.17, 15) is 4.79 Å². The first kappa shape index (κ1) is 9.99. The zero-order valence-corrected chi connectivity index (χ0v) is 6.98. The first-order valence-electron chi connectivity index (χ1n) is 3.67. The van der Waals surface area contributed by atoms with Gasteiger partial charge in [0.15, 0.2) is 0 Å². The normalized spacial score (nSPS) is 11.2. The Morgan fingerprint density at radius 2 is 2.36 bits per heavy atom. The Morgan fingerprint density at radius 1 is 1.73 bits per heavy atom. The lowest BCUT2D eigenvalue weighted by molar-refractivity contribution is -0.116. The molecule has 0 aromatic rings. The van der Waals surface area contributed by atoms with Crippen LogP contribution in [0, 0.1) is 11.8 Å². The van der Waals surface area contributed by atoms with Crippen LogP contribution in [0.15, 0.2) is 0 Å². The highest BCUT2D eigenvalue weighted by molar-refractivity contribution is 5.93. The molecule has 0 aromatic carbocycles. The van der Waals surface area contributed by atoms with Crippen molar-refractivity contribution in [1.29, 1.82) is 0 Å². The lowest BCUT2D eigenvalue weighted by atomic mass is 10.2. The van der Waals surface area contributed by atoms with Gasteiger partial charge in [0.2, 0.25) is 0 Å². The van der Waals surface area contributed by atoms with Gasteiger partial charge in [-0.05, 0) is 19.3 Å². The van der Waals surface area contributed by atoms with Gasteiger partial charge in [0.05, 0.1) is 0 Å². The number of nitrogens with one attached hydrogen (secondary N) is 1. The maximum atomic E-state index is 10.8. The zero-order valence-electron chi connectivity index (χ0n) is 6.98. The van der Waals surface area contributed by atoms with Gasteiger partial charge in [-0.1, -0.05) is 12.8 Å². The van der Waals surface area contributed by atoms with Crippen molar-refractivity contribution in [2.24, 2.45) is 5.73 Å². The van der Waals surface area contributed by atoms with Gasteiger partial charge in [0.1, 0.15) is 0 Å². The summed E-state index contributed by atoms with van der Waals surface area (Å²) in [7, 11) is 0. The van der Waals surface area contributed by atoms with Crippen molar-refractivity contribution in [1.82, 2.24) is 5.32 Å². The minimum Gasteiger partial charge on any atom is -0.341 e. The molecule has 0 rings (SSSR count). The molecular formula is C8H14N2O. The van der Waals surface area contributed by atoms with Gasteiger partial charge in [0, 0.05) is 12.6 Å². The third-order valence-corrected chi connectivity index (χ3v) is 1.35. The summed E-state index contributed by atoms with van der Waals surface area (Å²) in [5.74, 6) is 4.66. The summed E-state index contributed by atoms with van der Waals surface area (Å²) < 4.78 is 0. The molecule has 0 aliphatic heterocycles. The molecule has 0 aromatic heterocycles. The van der Waals surface area contributed by atoms with Crippen LogP contribution in [0.1, 0.15) is 20.3 Å². The molecule has 11 heavy (non-hydrogen) atoms. The highest BCUT2D eigenvalue weighted by Crippen LogP contribution is 1.85. The van der Waals surface area contributed by atoms with E-state index in [1.165, 1.54) is 0 Å². The Balaban J connectivity index is 3.78. The smallest absolute Gasteiger partial charge is 0.296 e. The number of amides is 1. The molecule has 0 bridgehead atoms. The second kappa shape index (κ2) is 5.75. The van der Waals surface area contributed by atoms with Crippen molar-refractivity contribution in [3.8, 4) is 11.8 Å². The van der Waals surface area contributed by atoms with Crippen molar-refractivity contribution in [3.05, 3.63) is 0 Å². The van der Waals surface area contributed by atoms with Crippen LogP contribution < -0.4 is 11.1 Å². The number of carbonyl (C=O) groups is 1. The Bertz CT molecular complexity index is 174. The highest BCUT2D eigenvalue weighted by atomic mass is 16.1. The molecule has 62 valence electrons. The van der Waals surface area contributed by atoms with Crippen LogP contribution in [0.25, 0.3) is 0 Å². The number of carbonyl (C=O) groups excluding carboxylic acids is 1. The predicted molar refractivity (Wildman–Crippen MR) is 44.7 cm³/mol. The summed E-state index contributed by atoms with van der Waals surface area (Å²) in [6.07, 6.45) is 0.841. The molecule has 0 aliphatic carbocycles. The van der Waals surface area contributed by atoms with E-state index in [1.807, 2.05) is 6.92 Å². The minimum absolute atomic E-state index is 0.0587. The lowest BCUT2D eigenvalue weighted by Gasteiger charge is -2.11. The van der Waals surface area contributed by atoms with Crippen LogP contribution in [0.4, 0.5) is 0 Å². The Morgan fingerprint density at radius 3 is 2.73 bits per heavy atom. The van der Waals surface area contributed by atoms with E-state index in [4.69, 9.17) is 5.73 Å². The highest BCUT2D eigenvalue weighted by Gasteiger charge is 2.04. The molecule has 1 amide bonds. The molecule has 0 saturated carbocycles. The third-order valence-electron chi connectivity index (χ3n) is 1.35. The van der Waals surface area contributed by atoms with Crippen LogP contribution in [0.5, 0.6) is 0 Å². The number of rotatable bonds is 3. The summed E-state index contributed by atoms with van der Waals surface area (Å²) in [5.41, 5.74) is 5.36. The van der Waals surface area contributed by atoms with Crippen LogP contribution in [-0.4, -0.2) is 18.5 Å². The number of hydrogen-bond acceptors (Lipinski definition) is 2. The molecule has 3 N–H and O–H groups in total. The molecular weight excluding hydrogens is 140 g/mol. The topological polar surface area (TPSA) is 55.1 Å². The van der Waals surface area contributed by atoms with Gasteiger partial charge in [0.25, 0.3) is 5.91 Å². The van der Waals surface area contributed by atoms with Gasteiger partial charge < -0.3 is 11.1 Å². The molecule has 1 unspecified atom stereocenters. The molecule has 0 aliphatic rings. The summed E-state index contributed by atoms with van der Waals surface area (Å²) in [6.45, 7) is 4.06. The first-order chi connectivity index (χ1) is 5.24. The number of nitrogens with two attached hydrogens (primary N) is 1. The quantitative estimate of drug-likeness (QED) is 0.556. The standard InChI is InChI=1S/C8H14N2O/c1-3-5-8(11)10-7(4-2)6-9/h7H,4,6,9H2,1-2H3,(H,10,11). The maximum absolute atomic E-state index is 10.8. The molecule has 0 heterocycles. The molecule has 3 heteroatoms. The van der Waals surface area contributed by atoms with Gasteiger partial charge in [-0.3, -0.25) is 4.79 Å². The van der Waals surface area contributed by atoms with E-state index in [2.05, 4.69) is 17.2 Å². The van der Waals surface area contributed by atoms with E-state index in [0.717, 1.165) is 6.42 Å². The van der Waals surface area contributed by atoms with Crippen molar-refractivity contribution < 1.29 is 4.79 Å². The van der Waals surface area contributed by atoms with E-state index < -0.39 is 0 Å². The fourth-order valence-corrected chi connectivity index (χ4v) is 0.663. The molecule has 0 saturated heterocycles. The molecule has 0 spiro atoms. The van der Waals surface area contributed by atoms with E-state index >= 15 is 0 Å². The summed E-state index contributed by atoms with van der Waals surface area (Å²) in [5, 5.41) is 2.68. The first-order valence-corrected chi connectivity index (χ1v) is 3.67. The van der Waals surface area contributed by atoms with Gasteiger partial charge in [-0.25, -0.2) is 0 Å². The van der Waals surface area contributed by atoms with E-state index in [1.54, 1.807) is 6.92 Å². The van der Waals surface area contributed by atoms with Crippen LogP contribution >= 0.6 is 0 Å². The van der Waals surface area contributed by atoms with Gasteiger partial charge >= 0.3 is 0 Å². The molecule has 1 atom stereocenters. The van der Waals surface area contributed by atoms with Crippen LogP contribution in [-0.2, 0) is 4.79 Å². The third kappa shape index (κ3) is 4.40. The Hall–Kier alpha value is -1.01. The zero-order chi connectivity index (χ0) is 8.69. The van der Waals surface area contributed by atoms with Gasteiger partial charge in [-0.15, -0.1) is 0 Å². The molecule has 3 nitrogen and oxygen atoms in total. The average Bonchev–Trinajstić information content (AvgIpc) is 2.01. The monoisotopic (exact) mass is 154 g/mol. The fraction of sp³-hybridized carbons (Fsp3) is 0.625. The van der Waals surface area contributed by atoms with Crippen molar-refractivity contribution in [2.75, 3.05) is 6.54 Å². The Kier molecular flexibility index (Phi) is 5.22. The number of hydrogen-bond donors (Lipinski definition) is 2. The second-order valence-electron chi connectivity index (χ2n) is 2.19. The molecule has 0 radical (unpaired) electrons. The van der Waals surface area contributed by atoms with Crippen molar-refractivity contribution in [3.63, 3.8) is 0 Å². The molecule has 0 fully saturated rings. The summed E-state index contributed by atoms with van der Waals surface area (Å²) in [4.78, 5) is 10.8. The average molecular weight is 154 g/mol. The lowest BCUT2D eigenvalue weighted by Crippen LogP contribution is -2.38. The Labute approximate surface area is 67.3 Å². The fourth-order valence-electron chi connectivity index (χ4n) is 0.663. The summed E-state index contributed by atoms with van der Waals surface area (Å²) >= 11 is 0. The van der Waals surface area contributed by atoms with E-state index in [-0.39, 0.29) is 11.9 Å². The largest absolute Gasteiger partial charge is 0.341 e. The van der Waals surface area contributed by atoms with Crippen molar-refractivity contribution >= 4 is 5.91 Å². The predicted octanol–water partition coefficient (Wildman–Crippen LogP) is -0.137. The maximum Gasteiger partial charge on any atom is 0.296 e. The second-order valence-corrected chi connectivity index (χ2v) is 2.19. The van der Waals surface area contributed by atoms with Gasteiger partial charge in [-0.2, -0.15) is 0 Å². The summed E-state index contributed by atoms with van der Waals surface area (Å²) in [6, 6.07) is 0.0587. The van der Waals surface area contributed by atoms with Crippen molar-refractivity contribution in [2.45, 2.75) is 26.3 Å². The minimum atomic E-state index is -0.246. The van der Waals surface area contributed by atoms with Crippen LogP contribution in [0.3, 0.4) is 0 Å². The van der Waals surface area contributed by atoms with E-state index in [0.29, 0.717) is 6.54 Å². The SMILES string of the molecule is CC#CC(=O)NC(CC)CN. The van der Waals surface area contributed by atoms with Crippen LogP contribution in [0.2, 0.25) is 0 Å².